The van der Waals surface area contributed by atoms with Gasteiger partial charge in [0.25, 0.3) is 5.91 Å². The number of aryl methyl sites for hydroxylation is 1. The zero-order chi connectivity index (χ0) is 16.3. The Labute approximate surface area is 128 Å². The van der Waals surface area contributed by atoms with Crippen LogP contribution < -0.4 is 9.64 Å². The molecular formula is C16H16N2O4. The molecule has 2 rings (SSSR count). The summed E-state index contributed by atoms with van der Waals surface area (Å²) in [5, 5.41) is 10.9. The highest BCUT2D eigenvalue weighted by Crippen LogP contribution is 2.29. The Kier molecular flexibility index (Phi) is 4.41. The standard InChI is InChI=1S/C16H16N2O4/c1-11-6-4-5-7-13(11)17(2)16(19)12-8-9-14(18(20)21)15(10-12)22-3/h4-10H,1-3H3. The predicted molar refractivity (Wildman–Crippen MR) is 83.6 cm³/mol. The molecule has 0 unspecified atom stereocenters. The Morgan fingerprint density at radius 2 is 1.91 bits per heavy atom. The highest BCUT2D eigenvalue weighted by molar-refractivity contribution is 6.06. The van der Waals surface area contributed by atoms with E-state index >= 15 is 0 Å². The smallest absolute Gasteiger partial charge is 0.310 e. The number of hydrogen-bond acceptors (Lipinski definition) is 4. The number of ether oxygens (including phenoxy) is 1. The molecule has 6 nitrogen and oxygen atoms in total. The summed E-state index contributed by atoms with van der Waals surface area (Å²) in [5.41, 5.74) is 1.91. The lowest BCUT2D eigenvalue weighted by Gasteiger charge is -2.19. The minimum Gasteiger partial charge on any atom is -0.490 e. The van der Waals surface area contributed by atoms with E-state index in [0.29, 0.717) is 5.56 Å². The van der Waals surface area contributed by atoms with E-state index in [1.54, 1.807) is 7.05 Å². The van der Waals surface area contributed by atoms with Gasteiger partial charge in [-0.1, -0.05) is 18.2 Å². The van der Waals surface area contributed by atoms with E-state index in [1.807, 2.05) is 31.2 Å². The summed E-state index contributed by atoms with van der Waals surface area (Å²) in [7, 11) is 3.00. The Morgan fingerprint density at radius 1 is 1.23 bits per heavy atom. The summed E-state index contributed by atoms with van der Waals surface area (Å²) in [6.07, 6.45) is 0. The van der Waals surface area contributed by atoms with Crippen molar-refractivity contribution >= 4 is 17.3 Å². The molecule has 0 saturated heterocycles. The fraction of sp³-hybridized carbons (Fsp3) is 0.188. The average Bonchev–Trinajstić information content (AvgIpc) is 2.53. The number of methoxy groups -OCH3 is 1. The number of amides is 1. The second-order valence-corrected chi connectivity index (χ2v) is 4.79. The molecule has 1 amide bonds. The number of nitrogens with zero attached hydrogens (tertiary/aromatic N) is 2. The first-order valence-corrected chi connectivity index (χ1v) is 6.62. The summed E-state index contributed by atoms with van der Waals surface area (Å²) in [6, 6.07) is 11.6. The third-order valence-electron chi connectivity index (χ3n) is 3.40. The molecule has 0 saturated carbocycles. The van der Waals surface area contributed by atoms with Crippen molar-refractivity contribution in [2.45, 2.75) is 6.92 Å². The Hall–Kier alpha value is -2.89. The summed E-state index contributed by atoms with van der Waals surface area (Å²) < 4.78 is 4.99. The molecule has 0 aliphatic carbocycles. The minimum atomic E-state index is -0.544. The van der Waals surface area contributed by atoms with Gasteiger partial charge in [0.05, 0.1) is 12.0 Å². The molecule has 114 valence electrons. The van der Waals surface area contributed by atoms with Crippen LogP contribution in [0.4, 0.5) is 11.4 Å². The predicted octanol–water partition coefficient (Wildman–Crippen LogP) is 3.19. The molecule has 6 heteroatoms. The summed E-state index contributed by atoms with van der Waals surface area (Å²) in [4.78, 5) is 24.4. The molecule has 0 aliphatic rings. The van der Waals surface area contributed by atoms with Gasteiger partial charge in [0.2, 0.25) is 0 Å². The second-order valence-electron chi connectivity index (χ2n) is 4.79. The van der Waals surface area contributed by atoms with Gasteiger partial charge >= 0.3 is 5.69 Å². The number of rotatable bonds is 4. The third-order valence-corrected chi connectivity index (χ3v) is 3.40. The molecule has 2 aromatic rings. The first-order valence-electron chi connectivity index (χ1n) is 6.62. The van der Waals surface area contributed by atoms with E-state index < -0.39 is 4.92 Å². The molecule has 22 heavy (non-hydrogen) atoms. The number of carbonyl (C=O) groups excluding carboxylic acids is 1. The largest absolute Gasteiger partial charge is 0.490 e. The van der Waals surface area contributed by atoms with Gasteiger partial charge in [-0.3, -0.25) is 14.9 Å². The van der Waals surface area contributed by atoms with Crippen molar-refractivity contribution in [3.8, 4) is 5.75 Å². The van der Waals surface area contributed by atoms with Gasteiger partial charge in [0.1, 0.15) is 0 Å². The Balaban J connectivity index is 2.37. The van der Waals surface area contributed by atoms with Gasteiger partial charge in [-0.25, -0.2) is 0 Å². The zero-order valence-electron chi connectivity index (χ0n) is 12.6. The van der Waals surface area contributed by atoms with E-state index in [9.17, 15) is 14.9 Å². The van der Waals surface area contributed by atoms with Crippen molar-refractivity contribution < 1.29 is 14.5 Å². The van der Waals surface area contributed by atoms with E-state index in [4.69, 9.17) is 4.74 Å². The first kappa shape index (κ1) is 15.5. The van der Waals surface area contributed by atoms with Crippen LogP contribution in [-0.4, -0.2) is 25.0 Å². The number of benzene rings is 2. The maximum absolute atomic E-state index is 12.5. The fourth-order valence-corrected chi connectivity index (χ4v) is 2.20. The van der Waals surface area contributed by atoms with Gasteiger partial charge < -0.3 is 9.64 Å². The van der Waals surface area contributed by atoms with Crippen LogP contribution in [0.3, 0.4) is 0 Å². The molecule has 0 atom stereocenters. The summed E-state index contributed by atoms with van der Waals surface area (Å²) >= 11 is 0. The molecule has 0 fully saturated rings. The lowest BCUT2D eigenvalue weighted by molar-refractivity contribution is -0.385. The van der Waals surface area contributed by atoms with Gasteiger partial charge in [-0.05, 0) is 24.6 Å². The minimum absolute atomic E-state index is 0.0639. The topological polar surface area (TPSA) is 72.7 Å². The van der Waals surface area contributed by atoms with E-state index in [-0.39, 0.29) is 17.3 Å². The monoisotopic (exact) mass is 300 g/mol. The number of para-hydroxylation sites is 1. The number of hydrogen-bond donors (Lipinski definition) is 0. The third kappa shape index (κ3) is 2.90. The molecule has 0 heterocycles. The molecule has 0 aromatic heterocycles. The van der Waals surface area contributed by atoms with Gasteiger partial charge in [-0.15, -0.1) is 0 Å². The molecule has 0 N–H and O–H groups in total. The number of anilines is 1. The number of nitro groups is 1. The van der Waals surface area contributed by atoms with Gasteiger partial charge in [0, 0.05) is 30.4 Å². The van der Waals surface area contributed by atoms with Crippen molar-refractivity contribution in [2.24, 2.45) is 0 Å². The molecule has 0 spiro atoms. The van der Waals surface area contributed by atoms with Gasteiger partial charge in [0.15, 0.2) is 5.75 Å². The highest BCUT2D eigenvalue weighted by atomic mass is 16.6. The van der Waals surface area contributed by atoms with Crippen LogP contribution in [-0.2, 0) is 0 Å². The van der Waals surface area contributed by atoms with Crippen LogP contribution in [0.2, 0.25) is 0 Å². The van der Waals surface area contributed by atoms with Crippen molar-refractivity contribution in [2.75, 3.05) is 19.1 Å². The zero-order valence-corrected chi connectivity index (χ0v) is 12.6. The van der Waals surface area contributed by atoms with Crippen LogP contribution in [0.25, 0.3) is 0 Å². The van der Waals surface area contributed by atoms with Crippen LogP contribution in [0.1, 0.15) is 15.9 Å². The van der Waals surface area contributed by atoms with Crippen LogP contribution >= 0.6 is 0 Å². The molecule has 2 aromatic carbocycles. The highest BCUT2D eigenvalue weighted by Gasteiger charge is 2.20. The van der Waals surface area contributed by atoms with E-state index in [0.717, 1.165) is 11.3 Å². The van der Waals surface area contributed by atoms with Crippen LogP contribution in [0.5, 0.6) is 5.75 Å². The molecule has 0 aliphatic heterocycles. The summed E-state index contributed by atoms with van der Waals surface area (Å²) in [5.74, 6) is -0.198. The lowest BCUT2D eigenvalue weighted by atomic mass is 10.1. The molecular weight excluding hydrogens is 284 g/mol. The summed E-state index contributed by atoms with van der Waals surface area (Å²) in [6.45, 7) is 1.91. The molecule has 0 bridgehead atoms. The maximum Gasteiger partial charge on any atom is 0.310 e. The average molecular weight is 300 g/mol. The Morgan fingerprint density at radius 3 is 2.50 bits per heavy atom. The quantitative estimate of drug-likeness (QED) is 0.642. The fourth-order valence-electron chi connectivity index (χ4n) is 2.20. The second kappa shape index (κ2) is 6.26. The van der Waals surface area contributed by atoms with Crippen molar-refractivity contribution in [3.63, 3.8) is 0 Å². The number of nitro benzene ring substituents is 1. The van der Waals surface area contributed by atoms with Crippen molar-refractivity contribution in [1.82, 2.24) is 0 Å². The first-order chi connectivity index (χ1) is 10.5. The van der Waals surface area contributed by atoms with Crippen LogP contribution in [0, 0.1) is 17.0 Å². The normalized spacial score (nSPS) is 10.1. The molecule has 0 radical (unpaired) electrons. The van der Waals surface area contributed by atoms with Gasteiger partial charge in [-0.2, -0.15) is 0 Å². The number of carbonyl (C=O) groups is 1. The Bertz CT molecular complexity index is 728. The van der Waals surface area contributed by atoms with Crippen LogP contribution in [0.15, 0.2) is 42.5 Å². The maximum atomic E-state index is 12.5. The SMILES string of the molecule is COc1cc(C(=O)N(C)c2ccccc2C)ccc1[N+](=O)[O-]. The van der Waals surface area contributed by atoms with E-state index in [2.05, 4.69) is 0 Å². The lowest BCUT2D eigenvalue weighted by Crippen LogP contribution is -2.26. The van der Waals surface area contributed by atoms with Crippen molar-refractivity contribution in [3.05, 3.63) is 63.7 Å². The van der Waals surface area contributed by atoms with Crippen molar-refractivity contribution in [1.29, 1.82) is 0 Å². The van der Waals surface area contributed by atoms with E-state index in [1.165, 1.54) is 30.2 Å².